The van der Waals surface area contributed by atoms with Gasteiger partial charge in [0.25, 0.3) is 0 Å². The van der Waals surface area contributed by atoms with Gasteiger partial charge in [0.05, 0.1) is 19.3 Å². The van der Waals surface area contributed by atoms with E-state index in [0.717, 1.165) is 12.8 Å². The van der Waals surface area contributed by atoms with Crippen LogP contribution in [0.2, 0.25) is 0 Å². The standard InChI is InChI=1S/C7H11BN2O3/c1-13-6-4-9-10(5-2-3-5)7(6)8(11)12/h4-5,11-12H,2-3H2,1H3. The van der Waals surface area contributed by atoms with Gasteiger partial charge in [0.15, 0.2) is 5.75 Å². The van der Waals surface area contributed by atoms with Crippen LogP contribution in [0.1, 0.15) is 18.9 Å². The monoisotopic (exact) mass is 182 g/mol. The summed E-state index contributed by atoms with van der Waals surface area (Å²) < 4.78 is 6.59. The molecule has 0 amide bonds. The molecule has 1 aromatic heterocycles. The first kappa shape index (κ1) is 8.59. The number of ether oxygens (including phenoxy) is 1. The van der Waals surface area contributed by atoms with Gasteiger partial charge < -0.3 is 14.8 Å². The van der Waals surface area contributed by atoms with E-state index in [1.807, 2.05) is 0 Å². The molecule has 0 radical (unpaired) electrons. The molecular weight excluding hydrogens is 171 g/mol. The quantitative estimate of drug-likeness (QED) is 0.582. The highest BCUT2D eigenvalue weighted by molar-refractivity contribution is 6.58. The summed E-state index contributed by atoms with van der Waals surface area (Å²) in [6, 6.07) is 0.320. The van der Waals surface area contributed by atoms with Crippen molar-refractivity contribution in [3.63, 3.8) is 0 Å². The molecule has 1 aliphatic rings. The van der Waals surface area contributed by atoms with E-state index in [-0.39, 0.29) is 0 Å². The summed E-state index contributed by atoms with van der Waals surface area (Å²) in [5.41, 5.74) is 0.352. The maximum atomic E-state index is 9.10. The third-order valence-corrected chi connectivity index (χ3v) is 2.16. The van der Waals surface area contributed by atoms with Crippen LogP contribution in [0.3, 0.4) is 0 Å². The lowest BCUT2D eigenvalue weighted by Gasteiger charge is -2.05. The second kappa shape index (κ2) is 3.04. The van der Waals surface area contributed by atoms with Crippen molar-refractivity contribution in [2.45, 2.75) is 18.9 Å². The highest BCUT2D eigenvalue weighted by Gasteiger charge is 2.32. The summed E-state index contributed by atoms with van der Waals surface area (Å²) in [5.74, 6) is 0.432. The SMILES string of the molecule is COc1cnn(C2CC2)c1B(O)O. The molecule has 2 N–H and O–H groups in total. The molecule has 0 bridgehead atoms. The number of nitrogens with zero attached hydrogens (tertiary/aromatic N) is 2. The van der Waals surface area contributed by atoms with E-state index in [1.54, 1.807) is 4.68 Å². The zero-order valence-corrected chi connectivity index (χ0v) is 7.34. The zero-order valence-electron chi connectivity index (χ0n) is 7.34. The second-order valence-electron chi connectivity index (χ2n) is 3.15. The fourth-order valence-electron chi connectivity index (χ4n) is 1.37. The molecule has 2 rings (SSSR count). The minimum absolute atomic E-state index is 0.320. The van der Waals surface area contributed by atoms with Gasteiger partial charge in [0.1, 0.15) is 5.59 Å². The number of methoxy groups -OCH3 is 1. The lowest BCUT2D eigenvalue weighted by Crippen LogP contribution is -2.37. The second-order valence-corrected chi connectivity index (χ2v) is 3.15. The minimum Gasteiger partial charge on any atom is -0.494 e. The van der Waals surface area contributed by atoms with Crippen LogP contribution in [0, 0.1) is 0 Å². The number of aromatic nitrogens is 2. The molecule has 0 atom stereocenters. The van der Waals surface area contributed by atoms with Gasteiger partial charge in [-0.2, -0.15) is 5.10 Å². The van der Waals surface area contributed by atoms with E-state index >= 15 is 0 Å². The maximum absolute atomic E-state index is 9.10. The molecule has 1 aliphatic carbocycles. The van der Waals surface area contributed by atoms with Crippen LogP contribution in [0.4, 0.5) is 0 Å². The van der Waals surface area contributed by atoms with Crippen LogP contribution < -0.4 is 10.3 Å². The molecule has 5 nitrogen and oxygen atoms in total. The largest absolute Gasteiger partial charge is 0.511 e. The topological polar surface area (TPSA) is 67.5 Å². The third-order valence-electron chi connectivity index (χ3n) is 2.16. The van der Waals surface area contributed by atoms with Crippen molar-refractivity contribution in [2.75, 3.05) is 7.11 Å². The van der Waals surface area contributed by atoms with Gasteiger partial charge in [-0.1, -0.05) is 0 Å². The molecular formula is C7H11BN2O3. The molecule has 0 spiro atoms. The number of hydrogen-bond acceptors (Lipinski definition) is 4. The van der Waals surface area contributed by atoms with Crippen molar-refractivity contribution in [1.82, 2.24) is 9.78 Å². The van der Waals surface area contributed by atoms with E-state index in [2.05, 4.69) is 5.10 Å². The van der Waals surface area contributed by atoms with E-state index < -0.39 is 7.12 Å². The summed E-state index contributed by atoms with van der Waals surface area (Å²) in [4.78, 5) is 0. The fourth-order valence-corrected chi connectivity index (χ4v) is 1.37. The van der Waals surface area contributed by atoms with E-state index in [4.69, 9.17) is 14.8 Å². The van der Waals surface area contributed by atoms with Crippen molar-refractivity contribution in [1.29, 1.82) is 0 Å². The molecule has 1 aromatic rings. The fraction of sp³-hybridized carbons (Fsp3) is 0.571. The minimum atomic E-state index is -1.52. The molecule has 0 saturated heterocycles. The molecule has 13 heavy (non-hydrogen) atoms. The molecule has 6 heteroatoms. The molecule has 0 aliphatic heterocycles. The van der Waals surface area contributed by atoms with Gasteiger partial charge in [-0.3, -0.25) is 4.68 Å². The van der Waals surface area contributed by atoms with E-state index in [1.165, 1.54) is 13.3 Å². The Kier molecular flexibility index (Phi) is 2.01. The van der Waals surface area contributed by atoms with Gasteiger partial charge in [-0.15, -0.1) is 0 Å². The van der Waals surface area contributed by atoms with Crippen molar-refractivity contribution < 1.29 is 14.8 Å². The van der Waals surface area contributed by atoms with Crippen molar-refractivity contribution >= 4 is 12.7 Å². The summed E-state index contributed by atoms with van der Waals surface area (Å²) in [6.07, 6.45) is 3.60. The summed E-state index contributed by atoms with van der Waals surface area (Å²) >= 11 is 0. The normalized spacial score (nSPS) is 15.9. The third kappa shape index (κ3) is 1.42. The van der Waals surface area contributed by atoms with Crippen LogP contribution in [0.5, 0.6) is 5.75 Å². The summed E-state index contributed by atoms with van der Waals surface area (Å²) in [7, 11) is -0.0295. The predicted molar refractivity (Wildman–Crippen MR) is 46.9 cm³/mol. The van der Waals surface area contributed by atoms with Crippen molar-refractivity contribution in [2.24, 2.45) is 0 Å². The Morgan fingerprint density at radius 2 is 2.31 bits per heavy atom. The van der Waals surface area contributed by atoms with Gasteiger partial charge in [-0.05, 0) is 12.8 Å². The Balaban J connectivity index is 2.38. The van der Waals surface area contributed by atoms with Crippen LogP contribution >= 0.6 is 0 Å². The highest BCUT2D eigenvalue weighted by atomic mass is 16.5. The smallest absolute Gasteiger partial charge is 0.494 e. The molecule has 0 aromatic carbocycles. The molecule has 1 heterocycles. The van der Waals surface area contributed by atoms with Gasteiger partial charge in [-0.25, -0.2) is 0 Å². The lowest BCUT2D eigenvalue weighted by molar-refractivity contribution is 0.399. The highest BCUT2D eigenvalue weighted by Crippen LogP contribution is 2.34. The Morgan fingerprint density at radius 3 is 2.77 bits per heavy atom. The molecule has 0 unspecified atom stereocenters. The van der Waals surface area contributed by atoms with Gasteiger partial charge >= 0.3 is 7.12 Å². The first-order valence-corrected chi connectivity index (χ1v) is 4.21. The van der Waals surface area contributed by atoms with Gasteiger partial charge in [0, 0.05) is 0 Å². The summed E-state index contributed by atoms with van der Waals surface area (Å²) in [5, 5.41) is 22.2. The van der Waals surface area contributed by atoms with Crippen LogP contribution in [-0.2, 0) is 0 Å². The van der Waals surface area contributed by atoms with E-state index in [9.17, 15) is 0 Å². The number of hydrogen-bond donors (Lipinski definition) is 2. The van der Waals surface area contributed by atoms with Crippen LogP contribution in [0.25, 0.3) is 0 Å². The zero-order chi connectivity index (χ0) is 9.42. The Morgan fingerprint density at radius 1 is 1.62 bits per heavy atom. The first-order valence-electron chi connectivity index (χ1n) is 4.21. The predicted octanol–water partition coefficient (Wildman–Crippen LogP) is -1.09. The van der Waals surface area contributed by atoms with Crippen molar-refractivity contribution in [3.05, 3.63) is 6.20 Å². The lowest BCUT2D eigenvalue weighted by atomic mass is 9.85. The Bertz CT molecular complexity index is 309. The summed E-state index contributed by atoms with van der Waals surface area (Å²) in [6.45, 7) is 0. The van der Waals surface area contributed by atoms with Gasteiger partial charge in [0.2, 0.25) is 0 Å². The average molecular weight is 182 g/mol. The van der Waals surface area contributed by atoms with Crippen LogP contribution in [-0.4, -0.2) is 34.1 Å². The first-order chi connectivity index (χ1) is 6.24. The van der Waals surface area contributed by atoms with E-state index in [0.29, 0.717) is 17.4 Å². The molecule has 1 saturated carbocycles. The van der Waals surface area contributed by atoms with Crippen LogP contribution in [0.15, 0.2) is 6.20 Å². The maximum Gasteiger partial charge on any atom is 0.511 e. The Hall–Kier alpha value is -1.01. The molecule has 1 fully saturated rings. The molecule has 70 valence electrons. The Labute approximate surface area is 76.1 Å². The van der Waals surface area contributed by atoms with Crippen molar-refractivity contribution in [3.8, 4) is 5.75 Å². The average Bonchev–Trinajstić information content (AvgIpc) is 2.84. The number of rotatable bonds is 3.